The van der Waals surface area contributed by atoms with Crippen LogP contribution in [0.2, 0.25) is 0 Å². The van der Waals surface area contributed by atoms with Crippen molar-refractivity contribution in [3.63, 3.8) is 0 Å². The van der Waals surface area contributed by atoms with Crippen molar-refractivity contribution in [2.75, 3.05) is 12.0 Å². The van der Waals surface area contributed by atoms with Gasteiger partial charge in [0.2, 0.25) is 0 Å². The van der Waals surface area contributed by atoms with Gasteiger partial charge in [-0.1, -0.05) is 0 Å². The summed E-state index contributed by atoms with van der Waals surface area (Å²) < 4.78 is 38.9. The number of aryl methyl sites for hydroxylation is 2. The molecule has 1 aromatic heterocycles. The Morgan fingerprint density at radius 1 is 1.26 bits per heavy atom. The Labute approximate surface area is 153 Å². The number of nitrogens with zero attached hydrogens (tertiary/aromatic N) is 2. The summed E-state index contributed by atoms with van der Waals surface area (Å²) >= 11 is 0. The Morgan fingerprint density at radius 3 is 2.33 bits per heavy atom. The van der Waals surface area contributed by atoms with Crippen molar-refractivity contribution in [1.82, 2.24) is 4.57 Å². The zero-order chi connectivity index (χ0) is 20.8. The van der Waals surface area contributed by atoms with E-state index in [1.54, 1.807) is 6.92 Å². The van der Waals surface area contributed by atoms with E-state index >= 15 is 0 Å². The van der Waals surface area contributed by atoms with Crippen molar-refractivity contribution in [1.29, 1.82) is 0 Å². The third-order valence-corrected chi connectivity index (χ3v) is 3.84. The molecular formula is C12H15BN2O11S. The van der Waals surface area contributed by atoms with E-state index in [0.717, 1.165) is 6.26 Å². The number of sulfone groups is 1. The fourth-order valence-electron chi connectivity index (χ4n) is 1.70. The van der Waals surface area contributed by atoms with E-state index in [1.165, 1.54) is 21.5 Å². The third kappa shape index (κ3) is 6.97. The van der Waals surface area contributed by atoms with E-state index < -0.39 is 41.0 Å². The van der Waals surface area contributed by atoms with Crippen LogP contribution >= 0.6 is 0 Å². The van der Waals surface area contributed by atoms with Gasteiger partial charge in [0.1, 0.15) is 18.9 Å². The molecule has 13 nitrogen and oxygen atoms in total. The molecule has 1 heterocycles. The average Bonchev–Trinajstić information content (AvgIpc) is 2.93. The number of aromatic nitrogens is 2. The first-order valence-electron chi connectivity index (χ1n) is 7.23. The van der Waals surface area contributed by atoms with Crippen LogP contribution in [0, 0.1) is 0 Å². The van der Waals surface area contributed by atoms with Gasteiger partial charge in [-0.05, 0) is 6.92 Å². The largest absolute Gasteiger partial charge is 0.873 e. The van der Waals surface area contributed by atoms with Gasteiger partial charge in [-0.25, -0.2) is 22.8 Å². The molecule has 0 bridgehead atoms. The van der Waals surface area contributed by atoms with Crippen LogP contribution in [0.3, 0.4) is 0 Å². The van der Waals surface area contributed by atoms with Gasteiger partial charge in [0, 0.05) is 6.26 Å². The number of imidazole rings is 1. The number of hydrogen-bond acceptors (Lipinski definition) is 10. The minimum absolute atomic E-state index is 0.102. The summed E-state index contributed by atoms with van der Waals surface area (Å²) in [6.07, 6.45) is 3.86. The zero-order valence-corrected chi connectivity index (χ0v) is 15.0. The fraction of sp³-hybridized carbons (Fsp3) is 0.417. The van der Waals surface area contributed by atoms with Crippen molar-refractivity contribution >= 4 is 41.0 Å². The van der Waals surface area contributed by atoms with Crippen molar-refractivity contribution in [2.45, 2.75) is 20.0 Å². The Kier molecular flexibility index (Phi) is 7.33. The molecule has 1 N–H and O–H groups in total. The lowest BCUT2D eigenvalue weighted by Crippen LogP contribution is -2.46. The van der Waals surface area contributed by atoms with Crippen LogP contribution in [0.25, 0.3) is 0 Å². The summed E-state index contributed by atoms with van der Waals surface area (Å²) in [6, 6.07) is -0.185. The molecule has 0 radical (unpaired) electrons. The molecule has 0 atom stereocenters. The highest BCUT2D eigenvalue weighted by molar-refractivity contribution is 7.90. The van der Waals surface area contributed by atoms with Crippen molar-refractivity contribution in [3.8, 4) is 6.01 Å². The van der Waals surface area contributed by atoms with Crippen LogP contribution in [0.15, 0.2) is 12.4 Å². The van der Waals surface area contributed by atoms with Crippen molar-refractivity contribution in [3.05, 3.63) is 12.4 Å². The smallest absolute Gasteiger partial charge is 0.539 e. The second-order valence-electron chi connectivity index (χ2n) is 5.00. The second-order valence-corrected chi connectivity index (χ2v) is 7.26. The maximum atomic E-state index is 11.3. The normalized spacial score (nSPS) is 10.7. The van der Waals surface area contributed by atoms with Crippen LogP contribution in [0.1, 0.15) is 6.92 Å². The Bertz CT molecular complexity index is 820. The van der Waals surface area contributed by atoms with E-state index in [2.05, 4.69) is 9.31 Å². The molecule has 1 aromatic rings. The molecular weight excluding hydrogens is 391 g/mol. The van der Waals surface area contributed by atoms with Crippen molar-refractivity contribution < 1.29 is 56.3 Å². The first kappa shape index (κ1) is 21.9. The van der Waals surface area contributed by atoms with E-state index in [1.807, 2.05) is 0 Å². The molecule has 0 aliphatic rings. The molecule has 0 fully saturated rings. The molecule has 0 aliphatic heterocycles. The molecule has 0 aromatic carbocycles. The second kappa shape index (κ2) is 9.02. The van der Waals surface area contributed by atoms with Gasteiger partial charge in [0.15, 0.2) is 15.8 Å². The number of carbonyl (C=O) groups excluding carboxylic acids is 3. The molecule has 1 rings (SSSR count). The first-order chi connectivity index (χ1) is 12.4. The first-order valence-corrected chi connectivity index (χ1v) is 9.29. The van der Waals surface area contributed by atoms with E-state index in [4.69, 9.17) is 9.76 Å². The number of hydrogen-bond donors (Lipinski definition) is 1. The van der Waals surface area contributed by atoms with Gasteiger partial charge < -0.3 is 29.0 Å². The van der Waals surface area contributed by atoms with Gasteiger partial charge in [-0.3, -0.25) is 0 Å². The third-order valence-electron chi connectivity index (χ3n) is 2.91. The molecule has 148 valence electrons. The molecule has 0 unspecified atom stereocenters. The van der Waals surface area contributed by atoms with Gasteiger partial charge in [-0.2, -0.15) is 9.13 Å². The number of carboxylic acid groups (broad SMARTS) is 2. The lowest BCUT2D eigenvalue weighted by Gasteiger charge is -2.12. The Balaban J connectivity index is 3.12. The topological polar surface area (TPSA) is 182 Å². The maximum Gasteiger partial charge on any atom is 0.873 e. The summed E-state index contributed by atoms with van der Waals surface area (Å²) in [6.45, 7) is 1.84. The summed E-state index contributed by atoms with van der Waals surface area (Å²) in [5.74, 6) is -8.49. The standard InChI is InChI=1S/C12H15BN2O11S/c1-3-14-4-5-15(6-7-27(2,22)23)12(14)26-13(24-10(20)8(16)17)25-11(21)9(18)19/h4-5H,3,6-7H2,1-2H3,(H-,16,17,18,19). The fourth-order valence-corrected chi connectivity index (χ4v) is 2.22. The average molecular weight is 406 g/mol. The summed E-state index contributed by atoms with van der Waals surface area (Å²) in [5, 5.41) is 19.0. The van der Waals surface area contributed by atoms with Gasteiger partial charge in [0.05, 0.1) is 12.3 Å². The quantitative estimate of drug-likeness (QED) is 0.253. The van der Waals surface area contributed by atoms with Gasteiger partial charge in [-0.15, -0.1) is 0 Å². The van der Waals surface area contributed by atoms with Crippen LogP contribution in [0.4, 0.5) is 0 Å². The highest BCUT2D eigenvalue weighted by Gasteiger charge is 2.41. The van der Waals surface area contributed by atoms with E-state index in [9.17, 15) is 32.7 Å². The molecule has 0 saturated carbocycles. The SMILES string of the molecule is CCn1cc[n+](CCS(C)(=O)=O)c1OB(OC(=O)C(=O)[O-])OC(=O)C(=O)O. The van der Waals surface area contributed by atoms with E-state index in [0.29, 0.717) is 0 Å². The summed E-state index contributed by atoms with van der Waals surface area (Å²) in [5.41, 5.74) is 0. The molecule has 27 heavy (non-hydrogen) atoms. The number of aliphatic carboxylic acids is 2. The summed E-state index contributed by atoms with van der Waals surface area (Å²) in [4.78, 5) is 43.4. The predicted molar refractivity (Wildman–Crippen MR) is 81.2 cm³/mol. The number of rotatable bonds is 8. The van der Waals surface area contributed by atoms with Crippen LogP contribution in [-0.2, 0) is 51.4 Å². The van der Waals surface area contributed by atoms with Crippen LogP contribution in [-0.4, -0.2) is 61.3 Å². The van der Waals surface area contributed by atoms with Gasteiger partial charge in [0.25, 0.3) is 0 Å². The zero-order valence-electron chi connectivity index (χ0n) is 14.2. The number of carbonyl (C=O) groups is 4. The van der Waals surface area contributed by atoms with Crippen molar-refractivity contribution in [2.24, 2.45) is 0 Å². The summed E-state index contributed by atoms with van der Waals surface area (Å²) in [7, 11) is -5.72. The lowest BCUT2D eigenvalue weighted by molar-refractivity contribution is -0.695. The monoisotopic (exact) mass is 406 g/mol. The van der Waals surface area contributed by atoms with Crippen LogP contribution < -0.4 is 14.3 Å². The van der Waals surface area contributed by atoms with Crippen LogP contribution in [0.5, 0.6) is 6.01 Å². The number of carboxylic acids is 2. The Morgan fingerprint density at radius 2 is 1.85 bits per heavy atom. The van der Waals surface area contributed by atoms with Gasteiger partial charge >= 0.3 is 31.2 Å². The van der Waals surface area contributed by atoms with E-state index in [-0.39, 0.29) is 24.9 Å². The minimum atomic E-state index is -3.35. The highest BCUT2D eigenvalue weighted by Crippen LogP contribution is 2.09. The molecule has 0 amide bonds. The molecule has 0 saturated heterocycles. The molecule has 0 aliphatic carbocycles. The maximum absolute atomic E-state index is 11.3. The lowest BCUT2D eigenvalue weighted by atomic mass is 10.2. The molecule has 0 spiro atoms. The Hall–Kier alpha value is -3.10. The molecule has 15 heteroatoms. The highest BCUT2D eigenvalue weighted by atomic mass is 32.2. The minimum Gasteiger partial charge on any atom is -0.539 e. The predicted octanol–water partition coefficient (Wildman–Crippen LogP) is -3.88.